The Morgan fingerprint density at radius 3 is 1.86 bits per heavy atom. The molecule has 0 bridgehead atoms. The third kappa shape index (κ3) is 9.34. The van der Waals surface area contributed by atoms with Crippen LogP contribution in [0.2, 0.25) is 25.4 Å². The predicted octanol–water partition coefficient (Wildman–Crippen LogP) is 7.61. The summed E-state index contributed by atoms with van der Waals surface area (Å²) in [6, 6.07) is 10.6. The van der Waals surface area contributed by atoms with Crippen LogP contribution in [0.1, 0.15) is 11.1 Å². The maximum absolute atomic E-state index is 7.73. The number of benzene rings is 2. The molecule has 2 aromatic carbocycles. The molecule has 0 aliphatic heterocycles. The molecule has 0 aliphatic rings. The maximum atomic E-state index is 7.73. The Bertz CT molecular complexity index is 2460. The lowest BCUT2D eigenvalue weighted by atomic mass is 10.2. The zero-order valence-corrected chi connectivity index (χ0v) is 31.6. The number of nitrogen functional groups attached to an aromatic ring is 2. The van der Waals surface area contributed by atoms with Crippen LogP contribution in [-0.2, 0) is 12.4 Å². The highest BCUT2D eigenvalue weighted by atomic mass is 79.9. The highest BCUT2D eigenvalue weighted by molar-refractivity contribution is 9.10. The van der Waals surface area contributed by atoms with Gasteiger partial charge in [0.05, 0.1) is 25.1 Å². The van der Waals surface area contributed by atoms with Gasteiger partial charge >= 0.3 is 0 Å². The second-order valence-corrected chi connectivity index (χ2v) is 12.8. The van der Waals surface area contributed by atoms with Gasteiger partial charge in [0, 0.05) is 31.2 Å². The molecule has 262 valence electrons. The third-order valence-corrected chi connectivity index (χ3v) is 8.86. The fraction of sp³-hybridized carbons (Fsp3) is 0.0690. The number of H-pyrrole nitrogens is 3. The molecule has 0 amide bonds. The smallest absolute Gasteiger partial charge is 0.202 e. The predicted molar refractivity (Wildman–Crippen MR) is 204 cm³/mol. The fourth-order valence-electron chi connectivity index (χ4n) is 4.19. The van der Waals surface area contributed by atoms with Gasteiger partial charge in [-0.1, -0.05) is 58.5 Å². The third-order valence-electron chi connectivity index (χ3n) is 6.62. The number of halogens is 7. The number of fused-ring (bicyclic) bond motifs is 3. The Hall–Kier alpha value is -4.29. The molecule has 6 heterocycles. The first kappa shape index (κ1) is 38.0. The van der Waals surface area contributed by atoms with Gasteiger partial charge < -0.3 is 31.0 Å². The monoisotopic (exact) mass is 869 g/mol. The highest BCUT2D eigenvalue weighted by Gasteiger charge is 2.12. The van der Waals surface area contributed by atoms with E-state index in [4.69, 9.17) is 86.5 Å². The van der Waals surface area contributed by atoms with Crippen molar-refractivity contribution in [3.05, 3.63) is 108 Å². The Morgan fingerprint density at radius 2 is 1.29 bits per heavy atom. The van der Waals surface area contributed by atoms with Crippen LogP contribution in [0.4, 0.5) is 11.6 Å². The molecule has 0 aliphatic carbocycles. The summed E-state index contributed by atoms with van der Waals surface area (Å²) in [4.78, 5) is 39.9. The van der Waals surface area contributed by atoms with E-state index in [1.165, 1.54) is 25.3 Å². The number of nitrogens with one attached hydrogen (secondary N) is 4. The highest BCUT2D eigenvalue weighted by Crippen LogP contribution is 2.27. The summed E-state index contributed by atoms with van der Waals surface area (Å²) in [5.74, 6) is 1.20. The van der Waals surface area contributed by atoms with Gasteiger partial charge in [-0.3, -0.25) is 5.41 Å². The van der Waals surface area contributed by atoms with Crippen LogP contribution in [-0.4, -0.2) is 59.4 Å². The van der Waals surface area contributed by atoms with Gasteiger partial charge in [-0.05, 0) is 51.8 Å². The fourth-order valence-corrected chi connectivity index (χ4v) is 6.20. The molecule has 8 N–H and O–H groups in total. The number of rotatable bonds is 3. The molecule has 0 saturated carbocycles. The molecule has 0 spiro atoms. The molecule has 22 heteroatoms. The number of aromatic nitrogens is 12. The van der Waals surface area contributed by atoms with Crippen molar-refractivity contribution in [2.45, 2.75) is 12.4 Å². The standard InChI is InChI=1S/C12H8Cl3N5.C7H5Cl3.C5H4BrN5.C5H5N5/c13-7-2-1-3-8(14)6(7)4-20-5-17-10(16)9-11(20)19-12(15)18-9;8-4-5-6(9)2-1-3-7(5)10;6-5-10-2-3(7)8-1-9-4(2)11-5;6-4-3-5(9-1-7-3)10-2-8-4/h1-3,5,16H,4H2,(H,18,19);1-3H,4H2;1H,(H3,7,8,9,10,11);1-2H,(H3,6,7,8,9,10). The number of nitrogens with two attached hydrogens (primary N) is 2. The van der Waals surface area contributed by atoms with Gasteiger partial charge in [0.25, 0.3) is 0 Å². The number of aromatic amines is 3. The van der Waals surface area contributed by atoms with Crippen LogP contribution >= 0.6 is 85.5 Å². The molecular weight excluding hydrogens is 851 g/mol. The van der Waals surface area contributed by atoms with Crippen LogP contribution in [0.3, 0.4) is 0 Å². The lowest BCUT2D eigenvalue weighted by molar-refractivity contribution is 0.784. The van der Waals surface area contributed by atoms with Crippen molar-refractivity contribution in [2.75, 3.05) is 11.5 Å². The van der Waals surface area contributed by atoms with Crippen LogP contribution < -0.4 is 17.0 Å². The van der Waals surface area contributed by atoms with Crippen molar-refractivity contribution in [1.29, 1.82) is 5.41 Å². The minimum Gasteiger partial charge on any atom is -0.382 e. The molecule has 6 aromatic heterocycles. The Kier molecular flexibility index (Phi) is 12.9. The van der Waals surface area contributed by atoms with Crippen molar-refractivity contribution in [1.82, 2.24) is 59.4 Å². The average molecular weight is 873 g/mol. The van der Waals surface area contributed by atoms with Gasteiger partial charge in [0.2, 0.25) is 5.28 Å². The van der Waals surface area contributed by atoms with Gasteiger partial charge in [0.15, 0.2) is 38.8 Å². The number of hydrogen-bond donors (Lipinski definition) is 6. The lowest BCUT2D eigenvalue weighted by Gasteiger charge is -2.10. The van der Waals surface area contributed by atoms with Crippen molar-refractivity contribution in [3.8, 4) is 0 Å². The second-order valence-electron chi connectivity index (χ2n) is 9.83. The Morgan fingerprint density at radius 1 is 0.706 bits per heavy atom. The van der Waals surface area contributed by atoms with E-state index < -0.39 is 0 Å². The number of hydrogen-bond acceptors (Lipinski definition) is 11. The number of imidazole rings is 3. The molecular formula is C29H22BrCl6N15. The number of nitrogens with zero attached hydrogens (tertiary/aromatic N) is 9. The molecule has 0 atom stereocenters. The van der Waals surface area contributed by atoms with Crippen LogP contribution in [0.25, 0.3) is 33.5 Å². The number of alkyl halides is 1. The minimum absolute atomic E-state index is 0.0842. The summed E-state index contributed by atoms with van der Waals surface area (Å²) in [7, 11) is 0. The molecule has 0 radical (unpaired) electrons. The first-order valence-corrected chi connectivity index (χ1v) is 17.3. The van der Waals surface area contributed by atoms with E-state index in [2.05, 4.69) is 70.8 Å². The molecule has 0 unspecified atom stereocenters. The maximum Gasteiger partial charge on any atom is 0.202 e. The van der Waals surface area contributed by atoms with E-state index in [1.54, 1.807) is 41.0 Å². The van der Waals surface area contributed by atoms with Gasteiger partial charge in [-0.2, -0.15) is 4.98 Å². The van der Waals surface area contributed by atoms with E-state index in [0.717, 1.165) is 11.1 Å². The SMILES string of the molecule is ClCc1c(Cl)cccc1Cl.N=c1ncn(Cc2c(Cl)cccc2Cl)c2nc(Cl)[nH]c12.Nc1ncnc2nc(Br)[nH]c12.Nc1ncnc2nc[nH]c12. The second kappa shape index (κ2) is 17.3. The summed E-state index contributed by atoms with van der Waals surface area (Å²) in [5, 5.41) is 10.3. The molecule has 15 nitrogen and oxygen atoms in total. The van der Waals surface area contributed by atoms with Gasteiger partial charge in [0.1, 0.15) is 29.2 Å². The van der Waals surface area contributed by atoms with Crippen LogP contribution in [0, 0.1) is 5.41 Å². The quantitative estimate of drug-likeness (QED) is 0.0751. The minimum atomic E-state index is 0.0842. The van der Waals surface area contributed by atoms with Crippen LogP contribution in [0.15, 0.2) is 66.4 Å². The lowest BCUT2D eigenvalue weighted by Crippen LogP contribution is -2.13. The summed E-state index contributed by atoms with van der Waals surface area (Å²) in [6.45, 7) is 0.392. The molecule has 51 heavy (non-hydrogen) atoms. The summed E-state index contributed by atoms with van der Waals surface area (Å²) in [6.07, 6.45) is 5.82. The van der Waals surface area contributed by atoms with Crippen LogP contribution in [0.5, 0.6) is 0 Å². The Labute approximate surface area is 325 Å². The average Bonchev–Trinajstić information content (AvgIpc) is 3.84. The topological polar surface area (TPSA) is 231 Å². The number of anilines is 2. The molecule has 0 saturated heterocycles. The largest absolute Gasteiger partial charge is 0.382 e. The molecule has 0 fully saturated rings. The van der Waals surface area contributed by atoms with Crippen molar-refractivity contribution >= 4 is 131 Å². The van der Waals surface area contributed by atoms with E-state index in [-0.39, 0.29) is 10.8 Å². The summed E-state index contributed by atoms with van der Waals surface area (Å²) >= 11 is 38.4. The van der Waals surface area contributed by atoms with Gasteiger partial charge in [-0.15, -0.1) is 11.6 Å². The van der Waals surface area contributed by atoms with Crippen molar-refractivity contribution in [3.63, 3.8) is 0 Å². The van der Waals surface area contributed by atoms with E-state index >= 15 is 0 Å². The van der Waals surface area contributed by atoms with E-state index in [1.807, 2.05) is 0 Å². The van der Waals surface area contributed by atoms with E-state index in [9.17, 15) is 0 Å². The zero-order valence-electron chi connectivity index (χ0n) is 25.5. The molecule has 8 aromatic rings. The Balaban J connectivity index is 0.000000140. The summed E-state index contributed by atoms with van der Waals surface area (Å²) in [5.41, 5.74) is 16.2. The summed E-state index contributed by atoms with van der Waals surface area (Å²) < 4.78 is 2.35. The molecule has 8 rings (SSSR count). The first-order chi connectivity index (χ1) is 24.5. The van der Waals surface area contributed by atoms with Crippen molar-refractivity contribution < 1.29 is 0 Å². The van der Waals surface area contributed by atoms with Crippen molar-refractivity contribution in [2.24, 2.45) is 0 Å². The van der Waals surface area contributed by atoms with E-state index in [0.29, 0.717) is 82.4 Å². The van der Waals surface area contributed by atoms with Gasteiger partial charge in [-0.25, -0.2) is 34.9 Å². The normalized spacial score (nSPS) is 10.6. The first-order valence-electron chi connectivity index (χ1n) is 14.0. The zero-order chi connectivity index (χ0) is 36.7.